The van der Waals surface area contributed by atoms with Gasteiger partial charge in [-0.1, -0.05) is 56.3 Å². The van der Waals surface area contributed by atoms with Crippen molar-refractivity contribution >= 4 is 17.7 Å². The number of fused-ring (bicyclic) bond motifs is 1. The smallest absolute Gasteiger partial charge is 0.262 e. The number of hydrogen-bond acceptors (Lipinski definition) is 4. The molecular formula is C24H27N3O3. The minimum Gasteiger partial charge on any atom is -0.338 e. The van der Waals surface area contributed by atoms with Crippen LogP contribution >= 0.6 is 0 Å². The van der Waals surface area contributed by atoms with Gasteiger partial charge in [0.05, 0.1) is 11.1 Å². The second kappa shape index (κ2) is 8.40. The van der Waals surface area contributed by atoms with Crippen LogP contribution in [0.25, 0.3) is 0 Å². The van der Waals surface area contributed by atoms with E-state index < -0.39 is 6.04 Å². The number of benzene rings is 2. The van der Waals surface area contributed by atoms with Crippen LogP contribution in [-0.2, 0) is 11.3 Å². The zero-order chi connectivity index (χ0) is 21.3. The first-order chi connectivity index (χ1) is 14.5. The number of carbonyl (C=O) groups excluding carboxylic acids is 3. The van der Waals surface area contributed by atoms with Crippen molar-refractivity contribution in [2.45, 2.75) is 26.4 Å². The van der Waals surface area contributed by atoms with Gasteiger partial charge in [-0.05, 0) is 23.6 Å². The molecule has 0 saturated carbocycles. The molecule has 6 nitrogen and oxygen atoms in total. The third-order valence-corrected chi connectivity index (χ3v) is 5.92. The molecule has 6 heteroatoms. The summed E-state index contributed by atoms with van der Waals surface area (Å²) in [6.45, 7) is 7.36. The fraction of sp³-hybridized carbons (Fsp3) is 0.375. The van der Waals surface area contributed by atoms with E-state index in [1.807, 2.05) is 32.0 Å². The number of nitrogens with zero attached hydrogens (tertiary/aromatic N) is 3. The van der Waals surface area contributed by atoms with Crippen molar-refractivity contribution in [2.24, 2.45) is 5.92 Å². The van der Waals surface area contributed by atoms with E-state index in [0.717, 1.165) is 19.6 Å². The predicted octanol–water partition coefficient (Wildman–Crippen LogP) is 2.65. The lowest BCUT2D eigenvalue weighted by Crippen LogP contribution is -2.57. The molecule has 1 fully saturated rings. The molecule has 0 aromatic heterocycles. The Bertz CT molecular complexity index is 914. The van der Waals surface area contributed by atoms with E-state index >= 15 is 0 Å². The molecule has 0 unspecified atom stereocenters. The third-order valence-electron chi connectivity index (χ3n) is 5.92. The second-order valence-corrected chi connectivity index (χ2v) is 8.30. The van der Waals surface area contributed by atoms with E-state index in [0.29, 0.717) is 24.2 Å². The molecule has 4 rings (SSSR count). The standard InChI is InChI=1S/C24H27N3O3/c1-17(2)21(27-22(28)19-10-6-7-11-20(19)23(27)29)24(30)26-14-12-25(13-15-26)16-18-8-4-3-5-9-18/h3-11,17,21H,12-16H2,1-2H3/t21-/m1/s1. The van der Waals surface area contributed by atoms with Gasteiger partial charge in [-0.15, -0.1) is 0 Å². The maximum Gasteiger partial charge on any atom is 0.262 e. The first-order valence-electron chi connectivity index (χ1n) is 10.5. The molecule has 0 aliphatic carbocycles. The van der Waals surface area contributed by atoms with Crippen molar-refractivity contribution in [2.75, 3.05) is 26.2 Å². The lowest BCUT2D eigenvalue weighted by atomic mass is 10.0. The molecule has 0 radical (unpaired) electrons. The summed E-state index contributed by atoms with van der Waals surface area (Å²) in [6.07, 6.45) is 0. The molecule has 3 amide bonds. The van der Waals surface area contributed by atoms with Crippen LogP contribution in [0.2, 0.25) is 0 Å². The van der Waals surface area contributed by atoms with Gasteiger partial charge in [0, 0.05) is 32.7 Å². The van der Waals surface area contributed by atoms with E-state index in [1.54, 1.807) is 29.2 Å². The van der Waals surface area contributed by atoms with Crippen LogP contribution in [0.15, 0.2) is 54.6 Å². The predicted molar refractivity (Wildman–Crippen MR) is 114 cm³/mol. The molecule has 156 valence electrons. The Hall–Kier alpha value is -2.99. The summed E-state index contributed by atoms with van der Waals surface area (Å²) >= 11 is 0. The number of hydrogen-bond donors (Lipinski definition) is 0. The fourth-order valence-corrected chi connectivity index (χ4v) is 4.31. The number of rotatable bonds is 5. The van der Waals surface area contributed by atoms with Gasteiger partial charge in [0.1, 0.15) is 6.04 Å². The summed E-state index contributed by atoms with van der Waals surface area (Å²) in [5.74, 6) is -1.04. The van der Waals surface area contributed by atoms with Crippen molar-refractivity contribution in [3.63, 3.8) is 0 Å². The average molecular weight is 405 g/mol. The Labute approximate surface area is 177 Å². The lowest BCUT2D eigenvalue weighted by molar-refractivity contribution is -0.138. The number of imide groups is 1. The highest BCUT2D eigenvalue weighted by atomic mass is 16.2. The lowest BCUT2D eigenvalue weighted by Gasteiger charge is -2.38. The fourth-order valence-electron chi connectivity index (χ4n) is 4.31. The van der Waals surface area contributed by atoms with E-state index in [2.05, 4.69) is 17.0 Å². The van der Waals surface area contributed by atoms with Crippen molar-refractivity contribution in [1.82, 2.24) is 14.7 Å². The first kappa shape index (κ1) is 20.3. The molecule has 0 bridgehead atoms. The van der Waals surface area contributed by atoms with Gasteiger partial charge in [0.15, 0.2) is 0 Å². The summed E-state index contributed by atoms with van der Waals surface area (Å²) in [6, 6.07) is 16.3. The maximum atomic E-state index is 13.4. The van der Waals surface area contributed by atoms with Crippen LogP contribution in [0.1, 0.15) is 40.1 Å². The molecule has 2 aromatic carbocycles. The zero-order valence-corrected chi connectivity index (χ0v) is 17.5. The molecule has 30 heavy (non-hydrogen) atoms. The Morgan fingerprint density at radius 2 is 1.37 bits per heavy atom. The van der Waals surface area contributed by atoms with Crippen molar-refractivity contribution < 1.29 is 14.4 Å². The highest BCUT2D eigenvalue weighted by Gasteiger charge is 2.45. The summed E-state index contributed by atoms with van der Waals surface area (Å²) < 4.78 is 0. The Balaban J connectivity index is 1.45. The van der Waals surface area contributed by atoms with E-state index in [9.17, 15) is 14.4 Å². The van der Waals surface area contributed by atoms with E-state index in [-0.39, 0.29) is 23.6 Å². The van der Waals surface area contributed by atoms with Crippen LogP contribution in [0.5, 0.6) is 0 Å². The van der Waals surface area contributed by atoms with Crippen molar-refractivity contribution in [1.29, 1.82) is 0 Å². The van der Waals surface area contributed by atoms with E-state index in [1.165, 1.54) is 10.5 Å². The van der Waals surface area contributed by atoms with Gasteiger partial charge < -0.3 is 4.90 Å². The molecule has 1 atom stereocenters. The topological polar surface area (TPSA) is 60.9 Å². The van der Waals surface area contributed by atoms with Gasteiger partial charge in [0.2, 0.25) is 5.91 Å². The van der Waals surface area contributed by atoms with Crippen LogP contribution in [0, 0.1) is 5.92 Å². The number of amides is 3. The summed E-state index contributed by atoms with van der Waals surface area (Å²) in [4.78, 5) is 44.5. The minimum absolute atomic E-state index is 0.140. The second-order valence-electron chi connectivity index (χ2n) is 8.30. The highest BCUT2D eigenvalue weighted by molar-refractivity contribution is 6.22. The summed E-state index contributed by atoms with van der Waals surface area (Å²) in [5, 5.41) is 0. The maximum absolute atomic E-state index is 13.4. The first-order valence-corrected chi connectivity index (χ1v) is 10.5. The summed E-state index contributed by atoms with van der Waals surface area (Å²) in [7, 11) is 0. The molecule has 2 aliphatic rings. The quantitative estimate of drug-likeness (QED) is 0.718. The van der Waals surface area contributed by atoms with Gasteiger partial charge in [-0.25, -0.2) is 0 Å². The molecule has 0 spiro atoms. The number of carbonyl (C=O) groups is 3. The van der Waals surface area contributed by atoms with Gasteiger partial charge in [0.25, 0.3) is 11.8 Å². The largest absolute Gasteiger partial charge is 0.338 e. The number of piperazine rings is 1. The molecule has 2 aliphatic heterocycles. The monoisotopic (exact) mass is 405 g/mol. The minimum atomic E-state index is -0.780. The van der Waals surface area contributed by atoms with Crippen molar-refractivity contribution in [3.8, 4) is 0 Å². The van der Waals surface area contributed by atoms with Gasteiger partial charge in [-0.2, -0.15) is 0 Å². The molecule has 2 aromatic rings. The van der Waals surface area contributed by atoms with Gasteiger partial charge >= 0.3 is 0 Å². The Morgan fingerprint density at radius 1 is 0.833 bits per heavy atom. The van der Waals surface area contributed by atoms with Crippen LogP contribution in [0.3, 0.4) is 0 Å². The molecular weight excluding hydrogens is 378 g/mol. The zero-order valence-electron chi connectivity index (χ0n) is 17.5. The molecule has 1 saturated heterocycles. The molecule has 2 heterocycles. The van der Waals surface area contributed by atoms with Gasteiger partial charge in [-0.3, -0.25) is 24.2 Å². The Kier molecular flexibility index (Phi) is 5.68. The van der Waals surface area contributed by atoms with Crippen LogP contribution < -0.4 is 0 Å². The van der Waals surface area contributed by atoms with Crippen molar-refractivity contribution in [3.05, 3.63) is 71.3 Å². The third kappa shape index (κ3) is 3.75. The average Bonchev–Trinajstić information content (AvgIpc) is 3.00. The van der Waals surface area contributed by atoms with Crippen LogP contribution in [0.4, 0.5) is 0 Å². The summed E-state index contributed by atoms with van der Waals surface area (Å²) in [5.41, 5.74) is 2.02. The normalized spacial score (nSPS) is 18.1. The van der Waals surface area contributed by atoms with E-state index in [4.69, 9.17) is 0 Å². The Morgan fingerprint density at radius 3 is 1.90 bits per heavy atom. The van der Waals surface area contributed by atoms with Crippen LogP contribution in [-0.4, -0.2) is 64.6 Å². The molecule has 0 N–H and O–H groups in total. The highest BCUT2D eigenvalue weighted by Crippen LogP contribution is 2.28. The SMILES string of the molecule is CC(C)[C@H](C(=O)N1CCN(Cc2ccccc2)CC1)N1C(=O)c2ccccc2C1=O.